The number of esters is 1. The summed E-state index contributed by atoms with van der Waals surface area (Å²) < 4.78 is 9.89. The van der Waals surface area contributed by atoms with Crippen molar-refractivity contribution < 1.29 is 18.7 Å². The van der Waals surface area contributed by atoms with Crippen LogP contribution in [0, 0.1) is 0 Å². The zero-order chi connectivity index (χ0) is 18.4. The van der Waals surface area contributed by atoms with E-state index >= 15 is 0 Å². The van der Waals surface area contributed by atoms with Crippen molar-refractivity contribution in [3.05, 3.63) is 71.8 Å². The third-order valence-corrected chi connectivity index (χ3v) is 3.50. The SMILES string of the molecule is COC(=O)c1ccccc1Nc1ccc(C(=O)NCc2ccco2)nn1. The van der Waals surface area contributed by atoms with Crippen LogP contribution < -0.4 is 10.6 Å². The van der Waals surface area contributed by atoms with E-state index in [1.165, 1.54) is 19.4 Å². The molecule has 0 aliphatic heterocycles. The first kappa shape index (κ1) is 17.2. The maximum atomic E-state index is 12.1. The molecule has 0 aliphatic carbocycles. The van der Waals surface area contributed by atoms with Crippen molar-refractivity contribution in [2.24, 2.45) is 0 Å². The van der Waals surface area contributed by atoms with Crippen molar-refractivity contribution >= 4 is 23.4 Å². The number of rotatable bonds is 6. The molecule has 2 N–H and O–H groups in total. The lowest BCUT2D eigenvalue weighted by Gasteiger charge is -2.09. The average Bonchev–Trinajstić information content (AvgIpc) is 3.20. The van der Waals surface area contributed by atoms with Crippen LogP contribution in [-0.4, -0.2) is 29.2 Å². The Kier molecular flexibility index (Phi) is 5.23. The number of nitrogens with one attached hydrogen (secondary N) is 2. The normalized spacial score (nSPS) is 10.2. The van der Waals surface area contributed by atoms with Gasteiger partial charge in [-0.05, 0) is 36.4 Å². The van der Waals surface area contributed by atoms with E-state index in [-0.39, 0.29) is 18.1 Å². The van der Waals surface area contributed by atoms with Gasteiger partial charge in [0, 0.05) is 0 Å². The Balaban J connectivity index is 1.66. The number of amides is 1. The molecule has 0 atom stereocenters. The van der Waals surface area contributed by atoms with Crippen molar-refractivity contribution in [1.82, 2.24) is 15.5 Å². The second-order valence-electron chi connectivity index (χ2n) is 5.23. The number of aromatic nitrogens is 2. The third-order valence-electron chi connectivity index (χ3n) is 3.50. The van der Waals surface area contributed by atoms with Crippen LogP contribution in [0.4, 0.5) is 11.5 Å². The maximum Gasteiger partial charge on any atom is 0.339 e. The molecule has 2 heterocycles. The van der Waals surface area contributed by atoms with Crippen LogP contribution >= 0.6 is 0 Å². The second kappa shape index (κ2) is 7.93. The smallest absolute Gasteiger partial charge is 0.339 e. The Morgan fingerprint density at radius 2 is 1.92 bits per heavy atom. The number of anilines is 2. The first-order valence-corrected chi connectivity index (χ1v) is 7.76. The summed E-state index contributed by atoms with van der Waals surface area (Å²) >= 11 is 0. The maximum absolute atomic E-state index is 12.1. The van der Waals surface area contributed by atoms with E-state index in [0.29, 0.717) is 22.8 Å². The van der Waals surface area contributed by atoms with Gasteiger partial charge in [0.05, 0.1) is 31.2 Å². The van der Waals surface area contributed by atoms with E-state index in [1.807, 2.05) is 0 Å². The highest BCUT2D eigenvalue weighted by molar-refractivity contribution is 5.96. The molecule has 0 spiro atoms. The Morgan fingerprint density at radius 1 is 1.08 bits per heavy atom. The van der Waals surface area contributed by atoms with Crippen LogP contribution in [0.3, 0.4) is 0 Å². The molecule has 8 nitrogen and oxygen atoms in total. The fourth-order valence-electron chi connectivity index (χ4n) is 2.21. The molecule has 2 aromatic heterocycles. The van der Waals surface area contributed by atoms with Gasteiger partial charge in [-0.15, -0.1) is 10.2 Å². The van der Waals surface area contributed by atoms with E-state index in [1.54, 1.807) is 42.5 Å². The van der Waals surface area contributed by atoms with Gasteiger partial charge in [-0.25, -0.2) is 4.79 Å². The fraction of sp³-hybridized carbons (Fsp3) is 0.111. The minimum Gasteiger partial charge on any atom is -0.467 e. The lowest BCUT2D eigenvalue weighted by molar-refractivity contribution is 0.0601. The lowest BCUT2D eigenvalue weighted by atomic mass is 10.2. The third kappa shape index (κ3) is 4.04. The van der Waals surface area contributed by atoms with E-state index in [4.69, 9.17) is 9.15 Å². The van der Waals surface area contributed by atoms with Gasteiger partial charge in [0.2, 0.25) is 0 Å². The number of carbonyl (C=O) groups excluding carboxylic acids is 2. The Hall–Kier alpha value is -3.68. The number of nitrogens with zero attached hydrogens (tertiary/aromatic N) is 2. The molecule has 3 rings (SSSR count). The molecule has 1 aromatic carbocycles. The summed E-state index contributed by atoms with van der Waals surface area (Å²) in [6.07, 6.45) is 1.54. The number of benzene rings is 1. The summed E-state index contributed by atoms with van der Waals surface area (Å²) in [5.41, 5.74) is 1.07. The lowest BCUT2D eigenvalue weighted by Crippen LogP contribution is -2.23. The monoisotopic (exact) mass is 352 g/mol. The largest absolute Gasteiger partial charge is 0.467 e. The van der Waals surface area contributed by atoms with Gasteiger partial charge in [-0.2, -0.15) is 0 Å². The minimum absolute atomic E-state index is 0.170. The van der Waals surface area contributed by atoms with Crippen molar-refractivity contribution in [2.45, 2.75) is 6.54 Å². The van der Waals surface area contributed by atoms with Gasteiger partial charge >= 0.3 is 5.97 Å². The van der Waals surface area contributed by atoms with Gasteiger partial charge in [0.25, 0.3) is 5.91 Å². The molecule has 8 heteroatoms. The molecule has 0 saturated heterocycles. The quantitative estimate of drug-likeness (QED) is 0.657. The Morgan fingerprint density at radius 3 is 2.62 bits per heavy atom. The number of para-hydroxylation sites is 1. The molecule has 0 saturated carbocycles. The fourth-order valence-corrected chi connectivity index (χ4v) is 2.21. The number of furan rings is 1. The predicted molar refractivity (Wildman–Crippen MR) is 93.0 cm³/mol. The van der Waals surface area contributed by atoms with E-state index < -0.39 is 5.97 Å². The summed E-state index contributed by atoms with van der Waals surface area (Å²) in [5, 5.41) is 13.5. The highest BCUT2D eigenvalue weighted by Crippen LogP contribution is 2.20. The molecule has 26 heavy (non-hydrogen) atoms. The summed E-state index contributed by atoms with van der Waals surface area (Å²) in [4.78, 5) is 23.8. The molecule has 0 bridgehead atoms. The van der Waals surface area contributed by atoms with Crippen LogP contribution in [0.25, 0.3) is 0 Å². The second-order valence-corrected chi connectivity index (χ2v) is 5.23. The molecular formula is C18H16N4O4. The molecule has 3 aromatic rings. The molecule has 0 aliphatic rings. The minimum atomic E-state index is -0.463. The molecule has 1 amide bonds. The van der Waals surface area contributed by atoms with E-state index in [9.17, 15) is 9.59 Å². The number of ether oxygens (including phenoxy) is 1. The van der Waals surface area contributed by atoms with Gasteiger partial charge in [0.1, 0.15) is 5.76 Å². The summed E-state index contributed by atoms with van der Waals surface area (Å²) in [7, 11) is 1.31. The van der Waals surface area contributed by atoms with Crippen molar-refractivity contribution in [1.29, 1.82) is 0 Å². The first-order valence-electron chi connectivity index (χ1n) is 7.76. The van der Waals surface area contributed by atoms with Crippen LogP contribution in [-0.2, 0) is 11.3 Å². The highest BCUT2D eigenvalue weighted by Gasteiger charge is 2.13. The highest BCUT2D eigenvalue weighted by atomic mass is 16.5. The van der Waals surface area contributed by atoms with E-state index in [2.05, 4.69) is 20.8 Å². The van der Waals surface area contributed by atoms with Crippen LogP contribution in [0.2, 0.25) is 0 Å². The molecule has 0 radical (unpaired) electrons. The molecule has 0 fully saturated rings. The van der Waals surface area contributed by atoms with Crippen molar-refractivity contribution in [3.63, 3.8) is 0 Å². The van der Waals surface area contributed by atoms with Crippen LogP contribution in [0.1, 0.15) is 26.6 Å². The summed E-state index contributed by atoms with van der Waals surface area (Å²) in [6.45, 7) is 0.264. The van der Waals surface area contributed by atoms with E-state index in [0.717, 1.165) is 0 Å². The molecular weight excluding hydrogens is 336 g/mol. The predicted octanol–water partition coefficient (Wildman–Crippen LogP) is 2.53. The summed E-state index contributed by atoms with van der Waals surface area (Å²) in [6, 6.07) is 13.5. The topological polar surface area (TPSA) is 106 Å². The average molecular weight is 352 g/mol. The van der Waals surface area contributed by atoms with Gasteiger partial charge in [-0.1, -0.05) is 12.1 Å². The number of hydrogen-bond acceptors (Lipinski definition) is 7. The molecule has 0 unspecified atom stereocenters. The van der Waals surface area contributed by atoms with Gasteiger partial charge in [0.15, 0.2) is 11.5 Å². The first-order chi connectivity index (χ1) is 12.7. The number of carbonyl (C=O) groups is 2. The Labute approximate surface area is 149 Å². The molecule has 132 valence electrons. The number of hydrogen-bond donors (Lipinski definition) is 2. The Bertz CT molecular complexity index is 892. The van der Waals surface area contributed by atoms with Crippen molar-refractivity contribution in [3.8, 4) is 0 Å². The van der Waals surface area contributed by atoms with Crippen LogP contribution in [0.5, 0.6) is 0 Å². The zero-order valence-corrected chi connectivity index (χ0v) is 13.9. The standard InChI is InChI=1S/C18H16N4O4/c1-25-18(24)13-6-2-3-7-14(13)20-16-9-8-15(21-22-16)17(23)19-11-12-5-4-10-26-12/h2-10H,11H2,1H3,(H,19,23)(H,20,22). The van der Waals surface area contributed by atoms with Crippen molar-refractivity contribution in [2.75, 3.05) is 12.4 Å². The zero-order valence-electron chi connectivity index (χ0n) is 13.9. The number of methoxy groups -OCH3 is 1. The van der Waals surface area contributed by atoms with Gasteiger partial charge in [-0.3, -0.25) is 4.79 Å². The van der Waals surface area contributed by atoms with Gasteiger partial charge < -0.3 is 19.8 Å². The van der Waals surface area contributed by atoms with Crippen LogP contribution in [0.15, 0.2) is 59.2 Å². The summed E-state index contributed by atoms with van der Waals surface area (Å²) in [5.74, 6) is 0.207.